The molecule has 2 heterocycles. The number of ether oxygens (including phenoxy) is 4. The first kappa shape index (κ1) is 24.2. The van der Waals surface area contributed by atoms with Crippen molar-refractivity contribution in [2.24, 2.45) is 0 Å². The van der Waals surface area contributed by atoms with Crippen LogP contribution in [0.5, 0.6) is 23.0 Å². The summed E-state index contributed by atoms with van der Waals surface area (Å²) in [6.07, 6.45) is 0.938. The molecule has 0 bridgehead atoms. The molecule has 0 unspecified atom stereocenters. The molecule has 1 fully saturated rings. The van der Waals surface area contributed by atoms with E-state index in [1.807, 2.05) is 31.2 Å². The molecule has 2 aliphatic heterocycles. The summed E-state index contributed by atoms with van der Waals surface area (Å²) in [5.41, 5.74) is 0. The lowest BCUT2D eigenvalue weighted by Crippen LogP contribution is -2.50. The molecule has 0 N–H and O–H groups in total. The smallest absolute Gasteiger partial charge is 0.243 e. The number of rotatable bonds is 9. The van der Waals surface area contributed by atoms with E-state index in [1.165, 1.54) is 16.4 Å². The molecule has 0 spiro atoms. The minimum Gasteiger partial charge on any atom is -0.494 e. The maximum atomic E-state index is 13.1. The number of nitrogens with zero attached hydrogens (tertiary/aromatic N) is 2. The normalized spacial score (nSPS) is 16.2. The Morgan fingerprint density at radius 3 is 2.24 bits per heavy atom. The van der Waals surface area contributed by atoms with Crippen LogP contribution in [0.3, 0.4) is 0 Å². The molecule has 2 aromatic rings. The lowest BCUT2D eigenvalue weighted by molar-refractivity contribution is -0.132. The maximum absolute atomic E-state index is 13.1. The molecule has 9 nitrogen and oxygen atoms in total. The molecule has 34 heavy (non-hydrogen) atoms. The Labute approximate surface area is 200 Å². The fourth-order valence-electron chi connectivity index (χ4n) is 3.88. The Hall–Kier alpha value is -2.98. The number of benzene rings is 2. The van der Waals surface area contributed by atoms with Gasteiger partial charge < -0.3 is 23.8 Å². The van der Waals surface area contributed by atoms with Crippen LogP contribution < -0.4 is 18.9 Å². The van der Waals surface area contributed by atoms with E-state index in [1.54, 1.807) is 11.0 Å². The summed E-state index contributed by atoms with van der Waals surface area (Å²) in [5, 5.41) is 0. The van der Waals surface area contributed by atoms with E-state index in [-0.39, 0.29) is 23.9 Å². The molecule has 184 valence electrons. The second-order valence-electron chi connectivity index (χ2n) is 7.95. The van der Waals surface area contributed by atoms with Gasteiger partial charge in [-0.25, -0.2) is 8.42 Å². The molecule has 0 radical (unpaired) electrons. The summed E-state index contributed by atoms with van der Waals surface area (Å²) >= 11 is 0. The van der Waals surface area contributed by atoms with Crippen LogP contribution in [0.2, 0.25) is 0 Å². The molecule has 4 rings (SSSR count). The number of fused-ring (bicyclic) bond motifs is 1. The van der Waals surface area contributed by atoms with Crippen LogP contribution in [0.4, 0.5) is 0 Å². The fourth-order valence-corrected chi connectivity index (χ4v) is 5.32. The Bertz CT molecular complexity index is 1080. The molecule has 0 saturated carbocycles. The number of hydrogen-bond donors (Lipinski definition) is 0. The van der Waals surface area contributed by atoms with E-state index in [4.69, 9.17) is 18.9 Å². The van der Waals surface area contributed by atoms with Gasteiger partial charge in [0, 0.05) is 38.7 Å². The second kappa shape index (κ2) is 11.0. The fraction of sp³-hybridized carbons (Fsp3) is 0.458. The van der Waals surface area contributed by atoms with E-state index in [0.29, 0.717) is 63.9 Å². The molecule has 0 aliphatic carbocycles. The molecule has 10 heteroatoms. The SMILES string of the molecule is CCOc1ccc(OCCCC(=O)N2CCN(S(=O)(=O)c3ccc4c(c3)OCCO4)CC2)cc1. The number of amides is 1. The van der Waals surface area contributed by atoms with Gasteiger partial charge in [0.1, 0.15) is 24.7 Å². The number of sulfonamides is 1. The van der Waals surface area contributed by atoms with E-state index in [0.717, 1.165) is 11.5 Å². The lowest BCUT2D eigenvalue weighted by Gasteiger charge is -2.34. The predicted octanol–water partition coefficient (Wildman–Crippen LogP) is 2.55. The largest absolute Gasteiger partial charge is 0.494 e. The van der Waals surface area contributed by atoms with Gasteiger partial charge in [-0.2, -0.15) is 4.31 Å². The highest BCUT2D eigenvalue weighted by atomic mass is 32.2. The standard InChI is InChI=1S/C24H30N2O7S/c1-2-30-19-5-7-20(8-6-19)31-15-3-4-24(27)25-11-13-26(14-12-25)34(28,29)21-9-10-22-23(18-21)33-17-16-32-22/h5-10,18H,2-4,11-17H2,1H3. The van der Waals surface area contributed by atoms with Gasteiger partial charge in [0.15, 0.2) is 11.5 Å². The van der Waals surface area contributed by atoms with Crippen molar-refractivity contribution in [2.75, 3.05) is 52.6 Å². The summed E-state index contributed by atoms with van der Waals surface area (Å²) in [5.74, 6) is 2.52. The van der Waals surface area contributed by atoms with Crippen LogP contribution in [0.1, 0.15) is 19.8 Å². The van der Waals surface area contributed by atoms with Crippen molar-refractivity contribution in [3.63, 3.8) is 0 Å². The summed E-state index contributed by atoms with van der Waals surface area (Å²) in [4.78, 5) is 14.5. The van der Waals surface area contributed by atoms with Gasteiger partial charge in [0.25, 0.3) is 0 Å². The molecular formula is C24H30N2O7S. The van der Waals surface area contributed by atoms with Gasteiger partial charge in [-0.3, -0.25) is 4.79 Å². The molecule has 2 aromatic carbocycles. The van der Waals surface area contributed by atoms with E-state index < -0.39 is 10.0 Å². The molecule has 0 atom stereocenters. The Kier molecular flexibility index (Phi) is 7.79. The second-order valence-corrected chi connectivity index (χ2v) is 9.88. The molecule has 1 saturated heterocycles. The van der Waals surface area contributed by atoms with Crippen molar-refractivity contribution in [2.45, 2.75) is 24.7 Å². The number of piperazine rings is 1. The Balaban J connectivity index is 1.22. The van der Waals surface area contributed by atoms with Gasteiger partial charge in [-0.15, -0.1) is 0 Å². The van der Waals surface area contributed by atoms with Crippen LogP contribution in [0, 0.1) is 0 Å². The van der Waals surface area contributed by atoms with E-state index in [9.17, 15) is 13.2 Å². The Morgan fingerprint density at radius 1 is 0.912 bits per heavy atom. The topological polar surface area (TPSA) is 94.6 Å². The zero-order valence-electron chi connectivity index (χ0n) is 19.3. The van der Waals surface area contributed by atoms with Gasteiger partial charge >= 0.3 is 0 Å². The van der Waals surface area contributed by atoms with Crippen molar-refractivity contribution in [3.8, 4) is 23.0 Å². The van der Waals surface area contributed by atoms with Crippen LogP contribution >= 0.6 is 0 Å². The highest BCUT2D eigenvalue weighted by Gasteiger charge is 2.31. The van der Waals surface area contributed by atoms with Crippen LogP contribution in [0.25, 0.3) is 0 Å². The molecule has 2 aliphatic rings. The quantitative estimate of drug-likeness (QED) is 0.499. The van der Waals surface area contributed by atoms with Crippen molar-refractivity contribution in [1.29, 1.82) is 0 Å². The van der Waals surface area contributed by atoms with Crippen molar-refractivity contribution in [1.82, 2.24) is 9.21 Å². The predicted molar refractivity (Wildman–Crippen MR) is 125 cm³/mol. The van der Waals surface area contributed by atoms with Gasteiger partial charge in [-0.05, 0) is 49.7 Å². The first-order chi connectivity index (χ1) is 16.5. The van der Waals surface area contributed by atoms with Crippen LogP contribution in [0.15, 0.2) is 47.4 Å². The van der Waals surface area contributed by atoms with Crippen molar-refractivity contribution in [3.05, 3.63) is 42.5 Å². The first-order valence-electron chi connectivity index (χ1n) is 11.5. The summed E-state index contributed by atoms with van der Waals surface area (Å²) in [7, 11) is -3.67. The summed E-state index contributed by atoms with van der Waals surface area (Å²) < 4.78 is 49.6. The van der Waals surface area contributed by atoms with Crippen LogP contribution in [-0.4, -0.2) is 76.1 Å². The molecular weight excluding hydrogens is 460 g/mol. The third kappa shape index (κ3) is 5.74. The minimum atomic E-state index is -3.67. The number of carbonyl (C=O) groups excluding carboxylic acids is 1. The maximum Gasteiger partial charge on any atom is 0.243 e. The van der Waals surface area contributed by atoms with Crippen molar-refractivity contribution >= 4 is 15.9 Å². The zero-order chi connectivity index (χ0) is 24.0. The van der Waals surface area contributed by atoms with Gasteiger partial charge in [0.2, 0.25) is 15.9 Å². The monoisotopic (exact) mass is 490 g/mol. The average Bonchev–Trinajstić information content (AvgIpc) is 2.87. The zero-order valence-corrected chi connectivity index (χ0v) is 20.1. The van der Waals surface area contributed by atoms with E-state index >= 15 is 0 Å². The number of hydrogen-bond acceptors (Lipinski definition) is 7. The summed E-state index contributed by atoms with van der Waals surface area (Å²) in [6, 6.07) is 12.0. The summed E-state index contributed by atoms with van der Waals surface area (Å²) in [6.45, 7) is 5.05. The van der Waals surface area contributed by atoms with Gasteiger partial charge in [-0.1, -0.05) is 0 Å². The van der Waals surface area contributed by atoms with Gasteiger partial charge in [0.05, 0.1) is 18.1 Å². The van der Waals surface area contributed by atoms with Crippen molar-refractivity contribution < 1.29 is 32.2 Å². The molecule has 0 aromatic heterocycles. The third-order valence-electron chi connectivity index (χ3n) is 5.68. The third-order valence-corrected chi connectivity index (χ3v) is 7.58. The highest BCUT2D eigenvalue weighted by Crippen LogP contribution is 2.33. The lowest BCUT2D eigenvalue weighted by atomic mass is 10.2. The average molecular weight is 491 g/mol. The Morgan fingerprint density at radius 2 is 1.56 bits per heavy atom. The molecule has 1 amide bonds. The number of carbonyl (C=O) groups is 1. The first-order valence-corrected chi connectivity index (χ1v) is 12.9. The van der Waals surface area contributed by atoms with E-state index in [2.05, 4.69) is 0 Å². The van der Waals surface area contributed by atoms with Crippen LogP contribution in [-0.2, 0) is 14.8 Å². The highest BCUT2D eigenvalue weighted by molar-refractivity contribution is 7.89. The minimum absolute atomic E-state index is 0.00618.